The summed E-state index contributed by atoms with van der Waals surface area (Å²) < 4.78 is 34.7. The van der Waals surface area contributed by atoms with Gasteiger partial charge in [0.25, 0.3) is 0 Å². The third-order valence-electron chi connectivity index (χ3n) is 7.58. The van der Waals surface area contributed by atoms with Crippen LogP contribution < -0.4 is 4.74 Å². The number of hydrogen-bond donors (Lipinski definition) is 0. The van der Waals surface area contributed by atoms with Gasteiger partial charge >= 0.3 is 0 Å². The summed E-state index contributed by atoms with van der Waals surface area (Å²) in [5, 5.41) is 0. The molecule has 2 saturated carbocycles. The monoisotopic (exact) mass is 376 g/mol. The number of hydrogen-bond acceptors (Lipinski definition) is 1. The Labute approximate surface area is 162 Å². The first-order valence-electron chi connectivity index (χ1n) is 11.2. The third-order valence-corrected chi connectivity index (χ3v) is 7.58. The number of aryl methyl sites for hydroxylation is 1. The molecule has 3 aliphatic rings. The lowest BCUT2D eigenvalue weighted by molar-refractivity contribution is 0.149. The first kappa shape index (κ1) is 19.2. The Hall–Kier alpha value is -1.12. The number of benzene rings is 1. The number of halogens is 2. The molecule has 1 aromatic rings. The zero-order chi connectivity index (χ0) is 19.0. The number of fused-ring (bicyclic) bond motifs is 1. The Morgan fingerprint density at radius 3 is 2.15 bits per heavy atom. The van der Waals surface area contributed by atoms with Crippen LogP contribution in [0.15, 0.2) is 6.07 Å². The Morgan fingerprint density at radius 1 is 0.852 bits per heavy atom. The van der Waals surface area contributed by atoms with Gasteiger partial charge in [0.15, 0.2) is 11.6 Å². The molecule has 1 heterocycles. The van der Waals surface area contributed by atoms with E-state index in [9.17, 15) is 8.78 Å². The van der Waals surface area contributed by atoms with Crippen molar-refractivity contribution < 1.29 is 13.5 Å². The van der Waals surface area contributed by atoms with E-state index in [1.807, 2.05) is 13.0 Å². The molecule has 0 spiro atoms. The second kappa shape index (κ2) is 8.09. The molecular weight excluding hydrogens is 342 g/mol. The highest BCUT2D eigenvalue weighted by Gasteiger charge is 2.31. The van der Waals surface area contributed by atoms with E-state index in [0.717, 1.165) is 36.2 Å². The predicted octanol–water partition coefficient (Wildman–Crippen LogP) is 6.85. The van der Waals surface area contributed by atoms with Crippen LogP contribution >= 0.6 is 0 Å². The van der Waals surface area contributed by atoms with Gasteiger partial charge < -0.3 is 4.74 Å². The van der Waals surface area contributed by atoms with E-state index < -0.39 is 11.6 Å². The fraction of sp³-hybridized carbons (Fsp3) is 0.750. The van der Waals surface area contributed by atoms with Crippen molar-refractivity contribution >= 4 is 0 Å². The molecule has 1 aromatic carbocycles. The summed E-state index contributed by atoms with van der Waals surface area (Å²) in [7, 11) is 0. The quantitative estimate of drug-likeness (QED) is 0.560. The van der Waals surface area contributed by atoms with Crippen molar-refractivity contribution in [3.63, 3.8) is 0 Å². The van der Waals surface area contributed by atoms with Crippen LogP contribution in [0.25, 0.3) is 0 Å². The van der Waals surface area contributed by atoms with E-state index >= 15 is 0 Å². The molecule has 27 heavy (non-hydrogen) atoms. The maximum absolute atomic E-state index is 14.6. The number of rotatable bonds is 3. The summed E-state index contributed by atoms with van der Waals surface area (Å²) in [6.07, 6.45) is 12.8. The van der Waals surface area contributed by atoms with E-state index in [2.05, 4.69) is 6.92 Å². The van der Waals surface area contributed by atoms with Crippen molar-refractivity contribution in [2.75, 3.05) is 0 Å². The molecule has 0 bridgehead atoms. The molecule has 3 heteroatoms. The summed E-state index contributed by atoms with van der Waals surface area (Å²) in [5.74, 6) is 1.91. The molecule has 1 aliphatic heterocycles. The van der Waals surface area contributed by atoms with Gasteiger partial charge in [0.1, 0.15) is 0 Å². The van der Waals surface area contributed by atoms with Crippen LogP contribution in [0.5, 0.6) is 5.75 Å². The molecule has 2 aliphatic carbocycles. The van der Waals surface area contributed by atoms with Gasteiger partial charge in [0.05, 0.1) is 6.10 Å². The summed E-state index contributed by atoms with van der Waals surface area (Å²) in [5.41, 5.74) is 1.42. The second-order valence-corrected chi connectivity index (χ2v) is 9.62. The molecule has 0 N–H and O–H groups in total. The highest BCUT2D eigenvalue weighted by Crippen LogP contribution is 2.42. The van der Waals surface area contributed by atoms with Crippen molar-refractivity contribution in [3.05, 3.63) is 28.8 Å². The van der Waals surface area contributed by atoms with Crippen molar-refractivity contribution in [3.8, 4) is 5.75 Å². The maximum Gasteiger partial charge on any atom is 0.201 e. The van der Waals surface area contributed by atoms with E-state index in [0.29, 0.717) is 17.9 Å². The van der Waals surface area contributed by atoms with Crippen LogP contribution in [0.3, 0.4) is 0 Å². The van der Waals surface area contributed by atoms with Crippen LogP contribution in [0.1, 0.15) is 82.8 Å². The fourth-order valence-electron chi connectivity index (χ4n) is 5.73. The molecule has 1 atom stereocenters. The molecule has 1 unspecified atom stereocenters. The molecule has 1 nitrogen and oxygen atoms in total. The first-order chi connectivity index (χ1) is 13.0. The van der Waals surface area contributed by atoms with Gasteiger partial charge in [-0.3, -0.25) is 0 Å². The van der Waals surface area contributed by atoms with Crippen LogP contribution in [0, 0.1) is 35.3 Å². The van der Waals surface area contributed by atoms with Crippen LogP contribution in [-0.4, -0.2) is 6.10 Å². The summed E-state index contributed by atoms with van der Waals surface area (Å²) >= 11 is 0. The van der Waals surface area contributed by atoms with Gasteiger partial charge in [0.2, 0.25) is 5.82 Å². The molecule has 4 rings (SSSR count). The summed E-state index contributed by atoms with van der Waals surface area (Å²) in [6.45, 7) is 4.30. The highest BCUT2D eigenvalue weighted by molar-refractivity contribution is 5.41. The Morgan fingerprint density at radius 2 is 1.48 bits per heavy atom. The number of ether oxygens (including phenoxy) is 1. The van der Waals surface area contributed by atoms with Gasteiger partial charge in [-0.2, -0.15) is 4.39 Å². The second-order valence-electron chi connectivity index (χ2n) is 9.62. The fourth-order valence-corrected chi connectivity index (χ4v) is 5.73. The van der Waals surface area contributed by atoms with Gasteiger partial charge in [-0.25, -0.2) is 4.39 Å². The SMILES string of the molecule is CC1CCC(C2CCC(Cc3cc4c(c(F)c3F)OC(C)CC4)CC2)CC1. The molecule has 0 amide bonds. The Balaban J connectivity index is 1.37. The van der Waals surface area contributed by atoms with Crippen LogP contribution in [-0.2, 0) is 12.8 Å². The van der Waals surface area contributed by atoms with Crippen LogP contribution in [0.4, 0.5) is 8.78 Å². The largest absolute Gasteiger partial charge is 0.487 e. The lowest BCUT2D eigenvalue weighted by atomic mass is 9.69. The summed E-state index contributed by atoms with van der Waals surface area (Å²) in [6, 6.07) is 1.88. The van der Waals surface area contributed by atoms with Gasteiger partial charge in [0, 0.05) is 0 Å². The smallest absolute Gasteiger partial charge is 0.201 e. The van der Waals surface area contributed by atoms with Gasteiger partial charge in [-0.1, -0.05) is 19.8 Å². The van der Waals surface area contributed by atoms with E-state index in [4.69, 9.17) is 4.74 Å². The zero-order valence-corrected chi connectivity index (χ0v) is 16.9. The minimum absolute atomic E-state index is 0.0321. The molecule has 0 saturated heterocycles. The van der Waals surface area contributed by atoms with E-state index in [1.54, 1.807) is 0 Å². The predicted molar refractivity (Wildman–Crippen MR) is 105 cm³/mol. The lowest BCUT2D eigenvalue weighted by Gasteiger charge is -2.37. The van der Waals surface area contributed by atoms with Crippen LogP contribution in [0.2, 0.25) is 0 Å². The molecule has 150 valence electrons. The average molecular weight is 377 g/mol. The van der Waals surface area contributed by atoms with Crippen molar-refractivity contribution in [2.45, 2.75) is 90.6 Å². The topological polar surface area (TPSA) is 9.23 Å². The standard InChI is InChI=1S/C24H34F2O/c1-15-3-8-18(9-4-15)19-11-6-17(7-12-19)13-21-14-20-10-5-16(2)27-24(20)23(26)22(21)25/h14-19H,3-13H2,1-2H3. The highest BCUT2D eigenvalue weighted by atomic mass is 19.2. The van der Waals surface area contributed by atoms with E-state index in [-0.39, 0.29) is 11.9 Å². The van der Waals surface area contributed by atoms with Crippen molar-refractivity contribution in [1.82, 2.24) is 0 Å². The molecule has 0 aromatic heterocycles. The molecule has 0 radical (unpaired) electrons. The zero-order valence-electron chi connectivity index (χ0n) is 16.9. The molecule has 2 fully saturated rings. The minimum atomic E-state index is -0.765. The van der Waals surface area contributed by atoms with Gasteiger partial charge in [-0.05, 0) is 106 Å². The summed E-state index contributed by atoms with van der Waals surface area (Å²) in [4.78, 5) is 0. The third kappa shape index (κ3) is 4.17. The van der Waals surface area contributed by atoms with Crippen molar-refractivity contribution in [2.24, 2.45) is 23.7 Å². The normalized spacial score (nSPS) is 34.0. The Kier molecular flexibility index (Phi) is 5.75. The first-order valence-corrected chi connectivity index (χ1v) is 11.2. The Bertz CT molecular complexity index is 655. The van der Waals surface area contributed by atoms with E-state index in [1.165, 1.54) is 51.4 Å². The minimum Gasteiger partial charge on any atom is -0.487 e. The van der Waals surface area contributed by atoms with Gasteiger partial charge in [-0.15, -0.1) is 0 Å². The molecular formula is C24H34F2O. The lowest BCUT2D eigenvalue weighted by Crippen LogP contribution is -2.26. The maximum atomic E-state index is 14.6. The average Bonchev–Trinajstić information content (AvgIpc) is 2.68. The van der Waals surface area contributed by atoms with Crippen molar-refractivity contribution in [1.29, 1.82) is 0 Å².